The number of benzene rings is 2. The molecule has 0 radical (unpaired) electrons. The number of aromatic amines is 1. The van der Waals surface area contributed by atoms with Gasteiger partial charge in [0.15, 0.2) is 11.5 Å². The number of aryl methyl sites for hydroxylation is 1. The van der Waals surface area contributed by atoms with E-state index in [9.17, 15) is 0 Å². The van der Waals surface area contributed by atoms with Gasteiger partial charge in [-0.3, -0.25) is 10.1 Å². The van der Waals surface area contributed by atoms with Gasteiger partial charge in [-0.1, -0.05) is 12.1 Å². The van der Waals surface area contributed by atoms with Crippen molar-refractivity contribution in [2.75, 3.05) is 20.4 Å². The van der Waals surface area contributed by atoms with Crippen LogP contribution in [0.1, 0.15) is 17.3 Å². The first-order chi connectivity index (χ1) is 14.7. The number of likely N-dealkylation sites (N-methyl/N-ethyl adjacent to an activating group) is 1. The Morgan fingerprint density at radius 3 is 2.87 bits per heavy atom. The van der Waals surface area contributed by atoms with Gasteiger partial charge in [-0.15, -0.1) is 0 Å². The first kappa shape index (κ1) is 18.4. The van der Waals surface area contributed by atoms with Crippen molar-refractivity contribution < 1.29 is 14.2 Å². The third kappa shape index (κ3) is 3.44. The van der Waals surface area contributed by atoms with Crippen molar-refractivity contribution in [2.24, 2.45) is 0 Å². The summed E-state index contributed by atoms with van der Waals surface area (Å²) in [6, 6.07) is 14.1. The zero-order chi connectivity index (χ0) is 20.5. The minimum Gasteiger partial charge on any atom is -0.490 e. The Kier molecular flexibility index (Phi) is 4.72. The van der Waals surface area contributed by atoms with Crippen molar-refractivity contribution in [1.82, 2.24) is 20.5 Å². The normalized spacial score (nSPS) is 13.5. The third-order valence-electron chi connectivity index (χ3n) is 5.36. The Labute approximate surface area is 174 Å². The van der Waals surface area contributed by atoms with Crippen LogP contribution in [0, 0.1) is 6.92 Å². The van der Waals surface area contributed by atoms with Crippen molar-refractivity contribution in [3.63, 3.8) is 0 Å². The number of nitrogens with zero attached hydrogens (tertiary/aromatic N) is 2. The maximum absolute atomic E-state index is 6.08. The molecule has 0 saturated heterocycles. The average molecular weight is 402 g/mol. The number of hydrogen-bond donors (Lipinski definition) is 2. The van der Waals surface area contributed by atoms with Gasteiger partial charge in [-0.25, -0.2) is 0 Å². The summed E-state index contributed by atoms with van der Waals surface area (Å²) in [5, 5.41) is 11.7. The largest absolute Gasteiger partial charge is 0.490 e. The van der Waals surface area contributed by atoms with E-state index in [1.54, 1.807) is 6.20 Å². The fraction of sp³-hybridized carbons (Fsp3) is 0.217. The standard InChI is InChI=1S/C23H22N4O3/c1-14-19-8-15(3-5-20(19)27-26-14)17-7-18(11-25-10-17)28-12-21(24-2)16-4-6-22-23(9-16)30-13-29-22/h3-11,21,24H,12-13H2,1-2H3,(H,26,27)/t21-/m1/s1. The summed E-state index contributed by atoms with van der Waals surface area (Å²) in [7, 11) is 1.91. The summed E-state index contributed by atoms with van der Waals surface area (Å²) >= 11 is 0. The number of ether oxygens (including phenoxy) is 3. The fourth-order valence-corrected chi connectivity index (χ4v) is 3.63. The van der Waals surface area contributed by atoms with Gasteiger partial charge in [0, 0.05) is 22.8 Å². The topological polar surface area (TPSA) is 81.3 Å². The number of nitrogens with one attached hydrogen (secondary N) is 2. The molecule has 0 amide bonds. The number of H-pyrrole nitrogens is 1. The van der Waals surface area contributed by atoms with Gasteiger partial charge in [0.05, 0.1) is 17.8 Å². The highest BCUT2D eigenvalue weighted by Gasteiger charge is 2.18. The van der Waals surface area contributed by atoms with Crippen LogP contribution < -0.4 is 19.5 Å². The lowest BCUT2D eigenvalue weighted by molar-refractivity contribution is 0.174. The van der Waals surface area contributed by atoms with Crippen LogP contribution >= 0.6 is 0 Å². The number of hydrogen-bond acceptors (Lipinski definition) is 6. The Hall–Kier alpha value is -3.58. The van der Waals surface area contributed by atoms with E-state index in [0.29, 0.717) is 6.61 Å². The molecule has 7 heteroatoms. The van der Waals surface area contributed by atoms with Crippen molar-refractivity contribution in [1.29, 1.82) is 0 Å². The van der Waals surface area contributed by atoms with Crippen LogP contribution in [0.25, 0.3) is 22.0 Å². The van der Waals surface area contributed by atoms with E-state index in [0.717, 1.165) is 50.5 Å². The molecule has 0 saturated carbocycles. The minimum atomic E-state index is 0.00749. The molecule has 0 bridgehead atoms. The summed E-state index contributed by atoms with van der Waals surface area (Å²) in [6.45, 7) is 2.74. The Balaban J connectivity index is 1.34. The van der Waals surface area contributed by atoms with Crippen LogP contribution in [0.5, 0.6) is 17.2 Å². The highest BCUT2D eigenvalue weighted by molar-refractivity contribution is 5.86. The van der Waals surface area contributed by atoms with Crippen LogP contribution in [0.2, 0.25) is 0 Å². The molecule has 4 aromatic rings. The second kappa shape index (κ2) is 7.68. The van der Waals surface area contributed by atoms with Gasteiger partial charge in [-0.2, -0.15) is 5.10 Å². The fourth-order valence-electron chi connectivity index (χ4n) is 3.63. The summed E-state index contributed by atoms with van der Waals surface area (Å²) in [5.41, 5.74) is 5.15. The van der Waals surface area contributed by atoms with E-state index in [4.69, 9.17) is 14.2 Å². The van der Waals surface area contributed by atoms with Crippen molar-refractivity contribution in [3.05, 3.63) is 66.1 Å². The molecule has 0 fully saturated rings. The van der Waals surface area contributed by atoms with Gasteiger partial charge >= 0.3 is 0 Å². The van der Waals surface area contributed by atoms with Gasteiger partial charge in [-0.05, 0) is 55.4 Å². The molecule has 152 valence electrons. The summed E-state index contributed by atoms with van der Waals surface area (Å²) < 4.78 is 17.0. The smallest absolute Gasteiger partial charge is 0.231 e. The van der Waals surface area contributed by atoms with E-state index in [-0.39, 0.29) is 12.8 Å². The molecule has 0 aliphatic carbocycles. The van der Waals surface area contributed by atoms with Crippen LogP contribution in [-0.4, -0.2) is 35.6 Å². The SMILES string of the molecule is CN[C@H](COc1cncc(-c2ccc3n[nH]c(C)c3c2)c1)c1ccc2c(c1)OCO2. The first-order valence-electron chi connectivity index (χ1n) is 9.81. The zero-order valence-electron chi connectivity index (χ0n) is 16.8. The van der Waals surface area contributed by atoms with Crippen molar-refractivity contribution in [2.45, 2.75) is 13.0 Å². The Morgan fingerprint density at radius 2 is 1.97 bits per heavy atom. The average Bonchev–Trinajstić information content (AvgIpc) is 3.40. The lowest BCUT2D eigenvalue weighted by Crippen LogP contribution is -2.23. The summed E-state index contributed by atoms with van der Waals surface area (Å²) in [5.74, 6) is 2.26. The van der Waals surface area contributed by atoms with Gasteiger partial charge in [0.1, 0.15) is 12.4 Å². The molecule has 7 nitrogen and oxygen atoms in total. The second-order valence-electron chi connectivity index (χ2n) is 7.25. The van der Waals surface area contributed by atoms with Crippen LogP contribution in [0.15, 0.2) is 54.9 Å². The highest BCUT2D eigenvalue weighted by atomic mass is 16.7. The lowest BCUT2D eigenvalue weighted by Gasteiger charge is -2.18. The Morgan fingerprint density at radius 1 is 1.07 bits per heavy atom. The predicted molar refractivity (Wildman–Crippen MR) is 114 cm³/mol. The van der Waals surface area contributed by atoms with E-state index >= 15 is 0 Å². The minimum absolute atomic E-state index is 0.00749. The zero-order valence-corrected chi connectivity index (χ0v) is 16.8. The molecule has 3 heterocycles. The Bertz CT molecular complexity index is 1200. The first-order valence-corrected chi connectivity index (χ1v) is 9.81. The number of aromatic nitrogens is 3. The number of pyridine rings is 1. The molecule has 1 aliphatic heterocycles. The van der Waals surface area contributed by atoms with Crippen molar-refractivity contribution in [3.8, 4) is 28.4 Å². The van der Waals surface area contributed by atoms with Crippen molar-refractivity contribution >= 4 is 10.9 Å². The molecule has 30 heavy (non-hydrogen) atoms. The third-order valence-corrected chi connectivity index (χ3v) is 5.36. The van der Waals surface area contributed by atoms with E-state index in [1.165, 1.54) is 0 Å². The highest BCUT2D eigenvalue weighted by Crippen LogP contribution is 2.34. The number of fused-ring (bicyclic) bond motifs is 2. The maximum Gasteiger partial charge on any atom is 0.231 e. The molecule has 2 aromatic heterocycles. The molecular weight excluding hydrogens is 380 g/mol. The van der Waals surface area contributed by atoms with Crippen LogP contribution in [-0.2, 0) is 0 Å². The molecule has 2 aromatic carbocycles. The molecule has 1 aliphatic rings. The van der Waals surface area contributed by atoms with Gasteiger partial charge < -0.3 is 19.5 Å². The van der Waals surface area contributed by atoms with Crippen LogP contribution in [0.4, 0.5) is 0 Å². The van der Waals surface area contributed by atoms with E-state index < -0.39 is 0 Å². The predicted octanol–water partition coefficient (Wildman–Crippen LogP) is 4.00. The van der Waals surface area contributed by atoms with E-state index in [1.807, 2.05) is 56.6 Å². The van der Waals surface area contributed by atoms with Gasteiger partial charge in [0.2, 0.25) is 6.79 Å². The number of rotatable bonds is 6. The second-order valence-corrected chi connectivity index (χ2v) is 7.25. The molecule has 2 N–H and O–H groups in total. The molecular formula is C23H22N4O3. The lowest BCUT2D eigenvalue weighted by atomic mass is 10.0. The quantitative estimate of drug-likeness (QED) is 0.507. The molecule has 5 rings (SSSR count). The van der Waals surface area contributed by atoms with Gasteiger partial charge in [0.25, 0.3) is 0 Å². The maximum atomic E-state index is 6.08. The monoisotopic (exact) mass is 402 g/mol. The molecule has 0 unspecified atom stereocenters. The summed E-state index contributed by atoms with van der Waals surface area (Å²) in [6.07, 6.45) is 3.58. The molecule has 1 atom stereocenters. The van der Waals surface area contributed by atoms with E-state index in [2.05, 4.69) is 26.6 Å². The van der Waals surface area contributed by atoms with Crippen LogP contribution in [0.3, 0.4) is 0 Å². The summed E-state index contributed by atoms with van der Waals surface area (Å²) in [4.78, 5) is 4.37. The molecule has 0 spiro atoms.